The van der Waals surface area contributed by atoms with Crippen LogP contribution in [-0.4, -0.2) is 17.6 Å². The molecule has 2 aromatic heterocycles. The van der Waals surface area contributed by atoms with Crippen molar-refractivity contribution in [3.05, 3.63) is 158 Å². The summed E-state index contributed by atoms with van der Waals surface area (Å²) in [6, 6.07) is 53.1. The van der Waals surface area contributed by atoms with E-state index in [4.69, 9.17) is 0 Å². The summed E-state index contributed by atoms with van der Waals surface area (Å²) in [6.07, 6.45) is 3.87. The van der Waals surface area contributed by atoms with Gasteiger partial charge in [-0.15, -0.1) is 0 Å². The molecule has 7 aromatic rings. The predicted octanol–water partition coefficient (Wildman–Crippen LogP) is 5.56. The Morgan fingerprint density at radius 3 is 1.61 bits per heavy atom. The molecule has 0 aliphatic carbocycles. The summed E-state index contributed by atoms with van der Waals surface area (Å²) in [5.74, 6) is 0. The van der Waals surface area contributed by atoms with Gasteiger partial charge in [-0.1, -0.05) is 109 Å². The van der Waals surface area contributed by atoms with Crippen LogP contribution in [0.15, 0.2) is 158 Å². The number of hydrogen-bond donors (Lipinski definition) is 0. The first kappa shape index (κ1) is 22.5. The zero-order valence-electron chi connectivity index (χ0n) is 20.9. The van der Waals surface area contributed by atoms with Crippen LogP contribution in [-0.2, 0) is 0 Å². The fraction of sp³-hybridized carbons (Fsp3) is 0. The van der Waals surface area contributed by atoms with Crippen molar-refractivity contribution in [2.75, 3.05) is 0 Å². The Hall–Kier alpha value is -4.73. The van der Waals surface area contributed by atoms with E-state index in [2.05, 4.69) is 155 Å². The fourth-order valence-corrected chi connectivity index (χ4v) is 10.8. The van der Waals surface area contributed by atoms with Crippen molar-refractivity contribution in [2.45, 2.75) is 0 Å². The van der Waals surface area contributed by atoms with Crippen molar-refractivity contribution in [1.82, 2.24) is 9.55 Å². The SMILES string of the molecule is c1ccc(-n2c3ccccc3c3ccc([Si](c4ccccc4)(c4ccccc4)c4ccncc4)cc32)cc1. The number of benzene rings is 5. The number of fused-ring (bicyclic) bond motifs is 3. The van der Waals surface area contributed by atoms with Gasteiger partial charge in [-0.05, 0) is 57.1 Å². The molecule has 0 bridgehead atoms. The van der Waals surface area contributed by atoms with E-state index >= 15 is 0 Å². The Labute approximate surface area is 223 Å². The van der Waals surface area contributed by atoms with Crippen molar-refractivity contribution in [1.29, 1.82) is 0 Å². The minimum Gasteiger partial charge on any atom is -0.309 e. The molecule has 0 fully saturated rings. The summed E-state index contributed by atoms with van der Waals surface area (Å²) in [7, 11) is -2.64. The van der Waals surface area contributed by atoms with E-state index in [9.17, 15) is 0 Å². The highest BCUT2D eigenvalue weighted by Crippen LogP contribution is 2.31. The lowest BCUT2D eigenvalue weighted by Crippen LogP contribution is -2.74. The van der Waals surface area contributed by atoms with Crippen LogP contribution >= 0.6 is 0 Å². The highest BCUT2D eigenvalue weighted by atomic mass is 28.3. The van der Waals surface area contributed by atoms with Gasteiger partial charge in [0.25, 0.3) is 0 Å². The van der Waals surface area contributed by atoms with Crippen molar-refractivity contribution < 1.29 is 0 Å². The van der Waals surface area contributed by atoms with E-state index in [0.29, 0.717) is 0 Å². The maximum Gasteiger partial charge on any atom is 0.179 e. The molecular weight excluding hydrogens is 476 g/mol. The van der Waals surface area contributed by atoms with Gasteiger partial charge in [0.2, 0.25) is 0 Å². The maximum atomic E-state index is 4.39. The second-order valence-corrected chi connectivity index (χ2v) is 13.4. The quantitative estimate of drug-likeness (QED) is 0.223. The Bertz CT molecular complexity index is 1750. The second kappa shape index (κ2) is 9.29. The van der Waals surface area contributed by atoms with Crippen molar-refractivity contribution in [3.8, 4) is 5.69 Å². The molecule has 2 heterocycles. The Morgan fingerprint density at radius 1 is 0.421 bits per heavy atom. The topological polar surface area (TPSA) is 17.8 Å². The molecule has 7 rings (SSSR count). The normalized spacial score (nSPS) is 11.7. The van der Waals surface area contributed by atoms with Crippen LogP contribution in [0.25, 0.3) is 27.5 Å². The second-order valence-electron chi connectivity index (χ2n) is 9.64. The average Bonchev–Trinajstić information content (AvgIpc) is 3.33. The molecule has 0 saturated carbocycles. The maximum absolute atomic E-state index is 4.39. The number of rotatable bonds is 5. The number of para-hydroxylation sites is 2. The third kappa shape index (κ3) is 3.44. The summed E-state index contributed by atoms with van der Waals surface area (Å²) < 4.78 is 2.41. The van der Waals surface area contributed by atoms with E-state index in [1.54, 1.807) is 0 Å². The van der Waals surface area contributed by atoms with Crippen molar-refractivity contribution >= 4 is 50.6 Å². The lowest BCUT2D eigenvalue weighted by Gasteiger charge is -2.34. The molecule has 0 radical (unpaired) electrons. The summed E-state index contributed by atoms with van der Waals surface area (Å²) in [5.41, 5.74) is 3.63. The third-order valence-corrected chi connectivity index (χ3v) is 12.4. The monoisotopic (exact) mass is 502 g/mol. The minimum atomic E-state index is -2.64. The van der Waals surface area contributed by atoms with Gasteiger partial charge in [-0.3, -0.25) is 4.98 Å². The lowest BCUT2D eigenvalue weighted by molar-refractivity contribution is 1.18. The number of pyridine rings is 1. The van der Waals surface area contributed by atoms with Gasteiger partial charge in [0.15, 0.2) is 8.07 Å². The van der Waals surface area contributed by atoms with Crippen LogP contribution in [0.2, 0.25) is 0 Å². The van der Waals surface area contributed by atoms with Gasteiger partial charge in [-0.2, -0.15) is 0 Å². The van der Waals surface area contributed by atoms with Crippen LogP contribution in [0, 0.1) is 0 Å². The zero-order valence-corrected chi connectivity index (χ0v) is 21.9. The van der Waals surface area contributed by atoms with Crippen LogP contribution in [0.1, 0.15) is 0 Å². The molecule has 0 aliphatic rings. The number of hydrogen-bond acceptors (Lipinski definition) is 1. The number of aromatic nitrogens is 2. The average molecular weight is 503 g/mol. The van der Waals surface area contributed by atoms with Gasteiger partial charge < -0.3 is 4.57 Å². The molecule has 0 aliphatic heterocycles. The first-order chi connectivity index (χ1) is 18.9. The summed E-state index contributed by atoms with van der Waals surface area (Å²) >= 11 is 0. The van der Waals surface area contributed by atoms with E-state index in [1.807, 2.05) is 12.4 Å². The minimum absolute atomic E-state index is 1.17. The van der Waals surface area contributed by atoms with Crippen molar-refractivity contribution in [2.24, 2.45) is 0 Å². The van der Waals surface area contributed by atoms with E-state index in [0.717, 1.165) is 0 Å². The Morgan fingerprint density at radius 2 is 0.947 bits per heavy atom. The predicted molar refractivity (Wildman–Crippen MR) is 162 cm³/mol. The van der Waals surface area contributed by atoms with E-state index < -0.39 is 8.07 Å². The van der Waals surface area contributed by atoms with Gasteiger partial charge >= 0.3 is 0 Å². The molecule has 0 spiro atoms. The zero-order chi connectivity index (χ0) is 25.4. The fourth-order valence-electron chi connectivity index (χ4n) is 6.04. The molecule has 3 heteroatoms. The van der Waals surface area contributed by atoms with Crippen LogP contribution in [0.5, 0.6) is 0 Å². The summed E-state index contributed by atoms with van der Waals surface area (Å²) in [5, 5.41) is 7.94. The van der Waals surface area contributed by atoms with Gasteiger partial charge in [0, 0.05) is 28.9 Å². The molecule has 0 N–H and O–H groups in total. The van der Waals surface area contributed by atoms with E-state index in [1.165, 1.54) is 48.2 Å². The van der Waals surface area contributed by atoms with Gasteiger partial charge in [0.1, 0.15) is 0 Å². The van der Waals surface area contributed by atoms with E-state index in [-0.39, 0.29) is 0 Å². The highest BCUT2D eigenvalue weighted by molar-refractivity contribution is 7.20. The largest absolute Gasteiger partial charge is 0.309 e. The molecule has 0 unspecified atom stereocenters. The molecule has 38 heavy (non-hydrogen) atoms. The van der Waals surface area contributed by atoms with Crippen LogP contribution < -0.4 is 20.7 Å². The molecule has 5 aromatic carbocycles. The molecule has 180 valence electrons. The number of nitrogens with zero attached hydrogens (tertiary/aromatic N) is 2. The molecule has 0 atom stereocenters. The molecule has 0 saturated heterocycles. The summed E-state index contributed by atoms with van der Waals surface area (Å²) in [6.45, 7) is 0. The first-order valence-electron chi connectivity index (χ1n) is 13.0. The highest BCUT2D eigenvalue weighted by Gasteiger charge is 2.41. The molecular formula is C35H26N2Si. The smallest absolute Gasteiger partial charge is 0.179 e. The van der Waals surface area contributed by atoms with Crippen LogP contribution in [0.3, 0.4) is 0 Å². The van der Waals surface area contributed by atoms with Gasteiger partial charge in [0.05, 0.1) is 11.0 Å². The van der Waals surface area contributed by atoms with Gasteiger partial charge in [-0.25, -0.2) is 0 Å². The summed E-state index contributed by atoms with van der Waals surface area (Å²) in [4.78, 5) is 4.39. The third-order valence-electron chi connectivity index (χ3n) is 7.65. The Balaban J connectivity index is 1.63. The molecule has 0 amide bonds. The standard InChI is InChI=1S/C35H26N2Si/c1-4-12-27(13-5-1)37-34-19-11-10-18-32(34)33-21-20-31(26-35(33)37)38(28-14-6-2-7-15-28,29-16-8-3-9-17-29)30-22-24-36-25-23-30/h1-26H. The first-order valence-corrected chi connectivity index (χ1v) is 15.0. The van der Waals surface area contributed by atoms with Crippen LogP contribution in [0.4, 0.5) is 0 Å². The Kier molecular flexibility index (Phi) is 5.49. The molecule has 2 nitrogen and oxygen atoms in total. The van der Waals surface area contributed by atoms with Crippen molar-refractivity contribution in [3.63, 3.8) is 0 Å². The lowest BCUT2D eigenvalue weighted by atomic mass is 10.1.